The van der Waals surface area contributed by atoms with E-state index in [1.54, 1.807) is 0 Å². The standard InChI is InChI=1S/C16H17BrN2O/c17-13-1-4-15(5-2-13)20-10-9-19-8-7-12-11-14(18)3-6-16(12)19/h1-6,11H,7-10,18H2. The molecule has 2 N–H and O–H groups in total. The van der Waals surface area contributed by atoms with E-state index in [1.165, 1.54) is 11.3 Å². The Labute approximate surface area is 127 Å². The van der Waals surface area contributed by atoms with Crippen LogP contribution in [0.5, 0.6) is 5.75 Å². The van der Waals surface area contributed by atoms with Gasteiger partial charge >= 0.3 is 0 Å². The maximum Gasteiger partial charge on any atom is 0.119 e. The van der Waals surface area contributed by atoms with Crippen molar-refractivity contribution in [2.45, 2.75) is 6.42 Å². The summed E-state index contributed by atoms with van der Waals surface area (Å²) in [6.07, 6.45) is 1.07. The Hall–Kier alpha value is -1.68. The highest BCUT2D eigenvalue weighted by Gasteiger charge is 2.18. The summed E-state index contributed by atoms with van der Waals surface area (Å²) < 4.78 is 6.84. The molecule has 0 spiro atoms. The summed E-state index contributed by atoms with van der Waals surface area (Å²) in [4.78, 5) is 2.35. The molecule has 1 heterocycles. The molecule has 0 unspecified atom stereocenters. The number of fused-ring (bicyclic) bond motifs is 1. The fourth-order valence-corrected chi connectivity index (χ4v) is 2.79. The molecular weight excluding hydrogens is 316 g/mol. The van der Waals surface area contributed by atoms with E-state index in [1.807, 2.05) is 30.3 Å². The summed E-state index contributed by atoms with van der Waals surface area (Å²) in [5.41, 5.74) is 9.29. The number of anilines is 2. The number of halogens is 1. The largest absolute Gasteiger partial charge is 0.492 e. The van der Waals surface area contributed by atoms with E-state index in [9.17, 15) is 0 Å². The van der Waals surface area contributed by atoms with Gasteiger partial charge in [0, 0.05) is 22.4 Å². The molecule has 0 aliphatic carbocycles. The van der Waals surface area contributed by atoms with Crippen LogP contribution in [0.2, 0.25) is 0 Å². The van der Waals surface area contributed by atoms with Crippen LogP contribution in [-0.4, -0.2) is 19.7 Å². The molecule has 3 nitrogen and oxygen atoms in total. The molecule has 0 aromatic heterocycles. The zero-order valence-electron chi connectivity index (χ0n) is 11.2. The molecule has 0 fully saturated rings. The number of hydrogen-bond acceptors (Lipinski definition) is 3. The zero-order valence-corrected chi connectivity index (χ0v) is 12.8. The van der Waals surface area contributed by atoms with E-state index in [0.29, 0.717) is 6.61 Å². The van der Waals surface area contributed by atoms with Crippen molar-refractivity contribution in [3.05, 3.63) is 52.5 Å². The summed E-state index contributed by atoms with van der Waals surface area (Å²) in [5, 5.41) is 0. The summed E-state index contributed by atoms with van der Waals surface area (Å²) in [5.74, 6) is 0.907. The minimum Gasteiger partial charge on any atom is -0.492 e. The highest BCUT2D eigenvalue weighted by Crippen LogP contribution is 2.29. The molecular formula is C16H17BrN2O. The van der Waals surface area contributed by atoms with Gasteiger partial charge in [0.2, 0.25) is 0 Å². The van der Waals surface area contributed by atoms with Gasteiger partial charge in [-0.3, -0.25) is 0 Å². The average Bonchev–Trinajstić information content (AvgIpc) is 2.83. The number of benzene rings is 2. The number of nitrogens with zero attached hydrogens (tertiary/aromatic N) is 1. The van der Waals surface area contributed by atoms with Gasteiger partial charge in [-0.15, -0.1) is 0 Å². The molecule has 20 heavy (non-hydrogen) atoms. The quantitative estimate of drug-likeness (QED) is 0.871. The van der Waals surface area contributed by atoms with Crippen LogP contribution >= 0.6 is 15.9 Å². The van der Waals surface area contributed by atoms with Crippen LogP contribution in [0.4, 0.5) is 11.4 Å². The molecule has 1 aliphatic heterocycles. The van der Waals surface area contributed by atoms with Crippen molar-refractivity contribution in [1.29, 1.82) is 0 Å². The highest BCUT2D eigenvalue weighted by atomic mass is 79.9. The van der Waals surface area contributed by atoms with Gasteiger partial charge in [0.1, 0.15) is 12.4 Å². The van der Waals surface area contributed by atoms with E-state index in [2.05, 4.69) is 33.0 Å². The second-order valence-corrected chi connectivity index (χ2v) is 5.84. The van der Waals surface area contributed by atoms with Gasteiger partial charge in [-0.25, -0.2) is 0 Å². The first-order chi connectivity index (χ1) is 9.72. The van der Waals surface area contributed by atoms with E-state index >= 15 is 0 Å². The Morgan fingerprint density at radius 2 is 1.95 bits per heavy atom. The Bertz CT molecular complexity index is 598. The van der Waals surface area contributed by atoms with E-state index < -0.39 is 0 Å². The molecule has 3 rings (SSSR count). The van der Waals surface area contributed by atoms with Crippen molar-refractivity contribution in [2.24, 2.45) is 0 Å². The van der Waals surface area contributed by atoms with Crippen LogP contribution in [0.3, 0.4) is 0 Å². The Morgan fingerprint density at radius 1 is 1.15 bits per heavy atom. The lowest BCUT2D eigenvalue weighted by Gasteiger charge is -2.19. The number of ether oxygens (including phenoxy) is 1. The zero-order chi connectivity index (χ0) is 13.9. The Balaban J connectivity index is 1.57. The molecule has 2 aromatic carbocycles. The number of nitrogen functional groups attached to an aromatic ring is 1. The summed E-state index contributed by atoms with van der Waals surface area (Å²) in [6, 6.07) is 14.1. The van der Waals surface area contributed by atoms with Gasteiger partial charge in [0.15, 0.2) is 0 Å². The van der Waals surface area contributed by atoms with Gasteiger partial charge in [0.25, 0.3) is 0 Å². The lowest BCUT2D eigenvalue weighted by Crippen LogP contribution is -2.26. The summed E-state index contributed by atoms with van der Waals surface area (Å²) in [7, 11) is 0. The molecule has 1 aliphatic rings. The minimum absolute atomic E-state index is 0.686. The van der Waals surface area contributed by atoms with Crippen LogP contribution in [-0.2, 0) is 6.42 Å². The summed E-state index contributed by atoms with van der Waals surface area (Å²) in [6.45, 7) is 2.63. The van der Waals surface area contributed by atoms with Crippen molar-refractivity contribution in [3.8, 4) is 5.75 Å². The van der Waals surface area contributed by atoms with Gasteiger partial charge in [-0.1, -0.05) is 15.9 Å². The Morgan fingerprint density at radius 3 is 2.75 bits per heavy atom. The first-order valence-electron chi connectivity index (χ1n) is 6.74. The third kappa shape index (κ3) is 2.90. The van der Waals surface area contributed by atoms with E-state index in [0.717, 1.165) is 35.4 Å². The van der Waals surface area contributed by atoms with Crippen molar-refractivity contribution in [3.63, 3.8) is 0 Å². The van der Waals surface area contributed by atoms with Crippen LogP contribution in [0.15, 0.2) is 46.9 Å². The van der Waals surface area contributed by atoms with Gasteiger partial charge in [-0.05, 0) is 54.4 Å². The van der Waals surface area contributed by atoms with Gasteiger partial charge < -0.3 is 15.4 Å². The second-order valence-electron chi connectivity index (χ2n) is 4.93. The molecule has 0 radical (unpaired) electrons. The minimum atomic E-state index is 0.686. The summed E-state index contributed by atoms with van der Waals surface area (Å²) >= 11 is 3.42. The van der Waals surface area contributed by atoms with Gasteiger partial charge in [-0.2, -0.15) is 0 Å². The van der Waals surface area contributed by atoms with Crippen LogP contribution in [0.1, 0.15) is 5.56 Å². The molecule has 2 aromatic rings. The number of hydrogen-bond donors (Lipinski definition) is 1. The second kappa shape index (κ2) is 5.75. The lowest BCUT2D eigenvalue weighted by molar-refractivity contribution is 0.324. The molecule has 0 atom stereocenters. The molecule has 104 valence electrons. The number of nitrogens with two attached hydrogens (primary N) is 1. The fourth-order valence-electron chi connectivity index (χ4n) is 2.53. The number of rotatable bonds is 4. The van der Waals surface area contributed by atoms with Crippen LogP contribution < -0.4 is 15.4 Å². The van der Waals surface area contributed by atoms with Crippen molar-refractivity contribution in [1.82, 2.24) is 0 Å². The third-order valence-electron chi connectivity index (χ3n) is 3.54. The van der Waals surface area contributed by atoms with Crippen LogP contribution in [0, 0.1) is 0 Å². The van der Waals surface area contributed by atoms with Gasteiger partial charge in [0.05, 0.1) is 6.54 Å². The Kier molecular flexibility index (Phi) is 3.83. The van der Waals surface area contributed by atoms with E-state index in [-0.39, 0.29) is 0 Å². The SMILES string of the molecule is Nc1ccc2c(c1)CCN2CCOc1ccc(Br)cc1. The maximum absolute atomic E-state index is 5.82. The third-order valence-corrected chi connectivity index (χ3v) is 4.07. The van der Waals surface area contributed by atoms with Crippen molar-refractivity contribution in [2.75, 3.05) is 30.3 Å². The lowest BCUT2D eigenvalue weighted by atomic mass is 10.1. The molecule has 0 saturated carbocycles. The van der Waals surface area contributed by atoms with Crippen LogP contribution in [0.25, 0.3) is 0 Å². The predicted molar refractivity (Wildman–Crippen MR) is 86.4 cm³/mol. The maximum atomic E-state index is 5.82. The smallest absolute Gasteiger partial charge is 0.119 e. The predicted octanol–water partition coefficient (Wildman–Crippen LogP) is 3.47. The molecule has 0 bridgehead atoms. The van der Waals surface area contributed by atoms with Crippen molar-refractivity contribution >= 4 is 27.3 Å². The first-order valence-corrected chi connectivity index (χ1v) is 7.53. The normalized spacial score (nSPS) is 13.3. The molecule has 4 heteroatoms. The monoisotopic (exact) mass is 332 g/mol. The highest BCUT2D eigenvalue weighted by molar-refractivity contribution is 9.10. The topological polar surface area (TPSA) is 38.5 Å². The van der Waals surface area contributed by atoms with E-state index in [4.69, 9.17) is 10.5 Å². The average molecular weight is 333 g/mol. The first kappa shape index (κ1) is 13.3. The molecule has 0 amide bonds. The molecule has 0 saturated heterocycles. The van der Waals surface area contributed by atoms with Crippen molar-refractivity contribution < 1.29 is 4.74 Å². The fraction of sp³-hybridized carbons (Fsp3) is 0.250.